The lowest BCUT2D eigenvalue weighted by molar-refractivity contribution is -0.137. The molecule has 0 bridgehead atoms. The van der Waals surface area contributed by atoms with Crippen LogP contribution in [0.25, 0.3) is 0 Å². The molecule has 1 fully saturated rings. The highest BCUT2D eigenvalue weighted by Gasteiger charge is 2.30. The van der Waals surface area contributed by atoms with Gasteiger partial charge in [-0.1, -0.05) is 18.2 Å². The molecule has 2 heterocycles. The molecule has 1 amide bonds. The first-order chi connectivity index (χ1) is 13.8. The quantitative estimate of drug-likeness (QED) is 0.643. The first-order valence-corrected chi connectivity index (χ1v) is 10.4. The number of amides is 1. The smallest absolute Gasteiger partial charge is 0.341 e. The number of carbonyl (C=O) groups excluding carboxylic acids is 2. The lowest BCUT2D eigenvalue weighted by Gasteiger charge is -2.22. The second-order valence-electron chi connectivity index (χ2n) is 7.11. The van der Waals surface area contributed by atoms with Crippen LogP contribution in [0.3, 0.4) is 0 Å². The fourth-order valence-electron chi connectivity index (χ4n) is 3.37. The maximum atomic E-state index is 12.7. The van der Waals surface area contributed by atoms with Gasteiger partial charge in [-0.2, -0.15) is 13.2 Å². The Morgan fingerprint density at radius 3 is 2.38 bits per heavy atom. The highest BCUT2D eigenvalue weighted by Crippen LogP contribution is 2.29. The largest absolute Gasteiger partial charge is 0.416 e. The van der Waals surface area contributed by atoms with E-state index in [1.165, 1.54) is 23.5 Å². The second kappa shape index (κ2) is 9.54. The average Bonchev–Trinajstić information content (AvgIpc) is 3.13. The maximum Gasteiger partial charge on any atom is 0.416 e. The fourth-order valence-corrected chi connectivity index (χ4v) is 4.07. The zero-order valence-electron chi connectivity index (χ0n) is 16.0. The molecule has 4 nitrogen and oxygen atoms in total. The first kappa shape index (κ1) is 21.5. The van der Waals surface area contributed by atoms with Crippen molar-refractivity contribution in [2.24, 2.45) is 0 Å². The molecule has 0 atom stereocenters. The third-order valence-electron chi connectivity index (χ3n) is 4.99. The van der Waals surface area contributed by atoms with Crippen molar-refractivity contribution in [3.8, 4) is 0 Å². The molecule has 1 aromatic carbocycles. The Bertz CT molecular complexity index is 819. The molecule has 0 N–H and O–H groups in total. The molecule has 0 unspecified atom stereocenters. The van der Waals surface area contributed by atoms with E-state index in [-0.39, 0.29) is 24.5 Å². The molecular formula is C21H23F3N2O2S. The van der Waals surface area contributed by atoms with Gasteiger partial charge in [0.05, 0.1) is 10.4 Å². The molecule has 1 aromatic heterocycles. The zero-order valence-corrected chi connectivity index (χ0v) is 16.8. The van der Waals surface area contributed by atoms with Crippen LogP contribution >= 0.6 is 11.3 Å². The van der Waals surface area contributed by atoms with Crippen LogP contribution in [0.2, 0.25) is 0 Å². The summed E-state index contributed by atoms with van der Waals surface area (Å²) in [5.74, 6) is -0.0293. The summed E-state index contributed by atoms with van der Waals surface area (Å²) in [5.41, 5.74) is 0.172. The topological polar surface area (TPSA) is 40.6 Å². The number of halogens is 3. The summed E-state index contributed by atoms with van der Waals surface area (Å²) >= 11 is 1.38. The van der Waals surface area contributed by atoms with E-state index in [1.807, 2.05) is 11.4 Å². The number of hydrogen-bond acceptors (Lipinski definition) is 4. The molecule has 1 saturated heterocycles. The van der Waals surface area contributed by atoms with Gasteiger partial charge in [-0.15, -0.1) is 11.3 Å². The van der Waals surface area contributed by atoms with Gasteiger partial charge in [0.1, 0.15) is 0 Å². The Kier molecular flexibility index (Phi) is 7.08. The van der Waals surface area contributed by atoms with Crippen molar-refractivity contribution in [2.75, 3.05) is 26.2 Å². The predicted octanol–water partition coefficient (Wildman–Crippen LogP) is 4.46. The normalized spacial score (nSPS) is 15.9. The highest BCUT2D eigenvalue weighted by molar-refractivity contribution is 7.12. The molecular weight excluding hydrogens is 401 g/mol. The number of thiophene rings is 1. The van der Waals surface area contributed by atoms with Crippen molar-refractivity contribution >= 4 is 23.0 Å². The van der Waals surface area contributed by atoms with Crippen LogP contribution in [0, 0.1) is 0 Å². The van der Waals surface area contributed by atoms with Crippen LogP contribution in [-0.2, 0) is 17.5 Å². The van der Waals surface area contributed by atoms with Crippen LogP contribution in [0.4, 0.5) is 13.2 Å². The molecule has 0 aliphatic carbocycles. The summed E-state index contributed by atoms with van der Waals surface area (Å²) in [6.45, 7) is 3.18. The maximum absolute atomic E-state index is 12.7. The Hall–Kier alpha value is -2.19. The van der Waals surface area contributed by atoms with Gasteiger partial charge >= 0.3 is 6.18 Å². The van der Waals surface area contributed by atoms with Crippen molar-refractivity contribution in [2.45, 2.75) is 32.0 Å². The summed E-state index contributed by atoms with van der Waals surface area (Å²) in [4.78, 5) is 29.1. The van der Waals surface area contributed by atoms with E-state index >= 15 is 0 Å². The number of alkyl halides is 3. The Morgan fingerprint density at radius 2 is 1.72 bits per heavy atom. The van der Waals surface area contributed by atoms with Crippen LogP contribution in [0.5, 0.6) is 0 Å². The Morgan fingerprint density at radius 1 is 0.966 bits per heavy atom. The molecule has 0 spiro atoms. The van der Waals surface area contributed by atoms with Gasteiger partial charge < -0.3 is 4.90 Å². The standard InChI is InChI=1S/C21H23F3N2O2S/c22-21(23,24)17-6-4-16(5-7-17)15-25-10-2-11-26(13-12-25)20(28)9-8-18(27)19-3-1-14-29-19/h1,3-7,14H,2,8-13,15H2. The van der Waals surface area contributed by atoms with Gasteiger partial charge in [0.25, 0.3) is 0 Å². The van der Waals surface area contributed by atoms with Crippen LogP contribution in [0.15, 0.2) is 41.8 Å². The summed E-state index contributed by atoms with van der Waals surface area (Å²) < 4.78 is 38.0. The fraction of sp³-hybridized carbons (Fsp3) is 0.429. The summed E-state index contributed by atoms with van der Waals surface area (Å²) in [6.07, 6.45) is -3.11. The van der Waals surface area contributed by atoms with E-state index in [1.54, 1.807) is 11.0 Å². The van der Waals surface area contributed by atoms with E-state index in [9.17, 15) is 22.8 Å². The Labute approximate surface area is 171 Å². The number of carbonyl (C=O) groups is 2. The molecule has 3 rings (SSSR count). The summed E-state index contributed by atoms with van der Waals surface area (Å²) in [7, 11) is 0. The van der Waals surface area contributed by atoms with Gasteiger partial charge in [0, 0.05) is 45.6 Å². The number of Topliss-reactive ketones (excluding diaryl/α,β-unsaturated/α-hetero) is 1. The third-order valence-corrected chi connectivity index (χ3v) is 5.90. The van der Waals surface area contributed by atoms with Gasteiger partial charge in [0.15, 0.2) is 5.78 Å². The molecule has 2 aromatic rings. The van der Waals surface area contributed by atoms with Crippen molar-refractivity contribution in [3.63, 3.8) is 0 Å². The number of nitrogens with zero attached hydrogens (tertiary/aromatic N) is 2. The highest BCUT2D eigenvalue weighted by atomic mass is 32.1. The molecule has 156 valence electrons. The van der Waals surface area contributed by atoms with Crippen molar-refractivity contribution in [3.05, 3.63) is 57.8 Å². The molecule has 29 heavy (non-hydrogen) atoms. The molecule has 0 radical (unpaired) electrons. The average molecular weight is 424 g/mol. The second-order valence-corrected chi connectivity index (χ2v) is 8.05. The lowest BCUT2D eigenvalue weighted by atomic mass is 10.1. The van der Waals surface area contributed by atoms with Gasteiger partial charge in [-0.05, 0) is 35.6 Å². The van der Waals surface area contributed by atoms with E-state index < -0.39 is 11.7 Å². The number of ketones is 1. The van der Waals surface area contributed by atoms with Crippen LogP contribution in [0.1, 0.15) is 40.1 Å². The number of rotatable bonds is 6. The lowest BCUT2D eigenvalue weighted by Crippen LogP contribution is -2.35. The van der Waals surface area contributed by atoms with Gasteiger partial charge in [0.2, 0.25) is 5.91 Å². The monoisotopic (exact) mass is 424 g/mol. The molecule has 8 heteroatoms. The molecule has 1 aliphatic heterocycles. The van der Waals surface area contributed by atoms with E-state index in [0.29, 0.717) is 31.1 Å². The summed E-state index contributed by atoms with van der Waals surface area (Å²) in [6, 6.07) is 8.81. The van der Waals surface area contributed by atoms with Crippen molar-refractivity contribution < 1.29 is 22.8 Å². The van der Waals surface area contributed by atoms with E-state index in [2.05, 4.69) is 4.90 Å². The minimum Gasteiger partial charge on any atom is -0.341 e. The van der Waals surface area contributed by atoms with Gasteiger partial charge in [-0.25, -0.2) is 0 Å². The molecule has 1 aliphatic rings. The molecule has 0 saturated carbocycles. The Balaban J connectivity index is 1.47. The first-order valence-electron chi connectivity index (χ1n) is 9.56. The van der Waals surface area contributed by atoms with Crippen LogP contribution < -0.4 is 0 Å². The SMILES string of the molecule is O=C(CCC(=O)N1CCCN(Cc2ccc(C(F)(F)F)cc2)CC1)c1cccs1. The minimum absolute atomic E-state index is 0.00731. The summed E-state index contributed by atoms with van der Waals surface area (Å²) in [5, 5.41) is 1.84. The predicted molar refractivity (Wildman–Crippen MR) is 106 cm³/mol. The zero-order chi connectivity index (χ0) is 20.9. The third kappa shape index (κ3) is 6.14. The van der Waals surface area contributed by atoms with E-state index in [0.717, 1.165) is 30.7 Å². The van der Waals surface area contributed by atoms with Crippen LogP contribution in [-0.4, -0.2) is 47.7 Å². The van der Waals surface area contributed by atoms with Crippen molar-refractivity contribution in [1.82, 2.24) is 9.80 Å². The van der Waals surface area contributed by atoms with Crippen molar-refractivity contribution in [1.29, 1.82) is 0 Å². The number of benzene rings is 1. The number of hydrogen-bond donors (Lipinski definition) is 0. The van der Waals surface area contributed by atoms with Gasteiger partial charge in [-0.3, -0.25) is 14.5 Å². The minimum atomic E-state index is -4.33. The van der Waals surface area contributed by atoms with E-state index in [4.69, 9.17) is 0 Å².